The largest absolute Gasteiger partial charge is 0.423 e. The molecular weight excluding hydrogens is 472 g/mol. The lowest BCUT2D eigenvalue weighted by molar-refractivity contribution is -0.138. The van der Waals surface area contributed by atoms with E-state index in [4.69, 9.17) is 0 Å². The fourth-order valence-electron chi connectivity index (χ4n) is 3.86. The predicted octanol–water partition coefficient (Wildman–Crippen LogP) is 1.98. The van der Waals surface area contributed by atoms with Gasteiger partial charge in [0.25, 0.3) is 11.5 Å². The minimum absolute atomic E-state index is 0.179. The third kappa shape index (κ3) is 5.58. The van der Waals surface area contributed by atoms with Crippen LogP contribution in [0.5, 0.6) is 0 Å². The van der Waals surface area contributed by atoms with Crippen LogP contribution in [0.2, 0.25) is 0 Å². The highest BCUT2D eigenvalue weighted by molar-refractivity contribution is 5.94. The molecule has 10 nitrogen and oxygen atoms in total. The van der Waals surface area contributed by atoms with Crippen molar-refractivity contribution in [2.24, 2.45) is 0 Å². The number of H-pyrrole nitrogens is 1. The number of alkyl halides is 3. The summed E-state index contributed by atoms with van der Waals surface area (Å²) in [6.07, 6.45) is 1.55. The molecule has 186 valence electrons. The smallest absolute Gasteiger partial charge is 0.379 e. The zero-order valence-corrected chi connectivity index (χ0v) is 18.6. The molecule has 0 aliphatic carbocycles. The van der Waals surface area contributed by atoms with Gasteiger partial charge in [-0.2, -0.15) is 18.3 Å². The third-order valence-corrected chi connectivity index (χ3v) is 5.48. The Morgan fingerprint density at radius 3 is 2.51 bits per heavy atom. The van der Waals surface area contributed by atoms with Gasteiger partial charge in [-0.1, -0.05) is 0 Å². The molecule has 1 aliphatic rings. The van der Waals surface area contributed by atoms with Gasteiger partial charge in [0.05, 0.1) is 29.8 Å². The Hall–Kier alpha value is -3.97. The number of carbonyl (C=O) groups is 1. The fourth-order valence-corrected chi connectivity index (χ4v) is 3.86. The fraction of sp³-hybridized carbons (Fsp3) is 0.381. The molecule has 0 saturated carbocycles. The van der Waals surface area contributed by atoms with Crippen LogP contribution in [0.3, 0.4) is 0 Å². The highest BCUT2D eigenvalue weighted by atomic mass is 19.4. The standard InChI is InChI=1S/C21H22F4N8O2/c1-13(29-16-10-28-30-18(34)17(16)21(23,24)25)11-31-3-2-14(12-31)19(35)32-4-6-33(7-5-32)20-26-8-15(22)9-27-20/h2-3,8-10,12-13H,4-7,11H2,1H3,(H2,29,30,34)/t13-/m0/s1. The van der Waals surface area contributed by atoms with Crippen molar-refractivity contribution in [1.29, 1.82) is 0 Å². The second-order valence-electron chi connectivity index (χ2n) is 8.11. The maximum absolute atomic E-state index is 13.2. The molecule has 3 aromatic heterocycles. The number of hydrogen-bond acceptors (Lipinski definition) is 7. The van der Waals surface area contributed by atoms with Gasteiger partial charge in [0.2, 0.25) is 5.95 Å². The summed E-state index contributed by atoms with van der Waals surface area (Å²) in [5.41, 5.74) is -2.64. The lowest BCUT2D eigenvalue weighted by Crippen LogP contribution is -2.49. The number of carbonyl (C=O) groups excluding carboxylic acids is 1. The van der Waals surface area contributed by atoms with Crippen molar-refractivity contribution in [1.82, 2.24) is 29.6 Å². The molecule has 0 spiro atoms. The summed E-state index contributed by atoms with van der Waals surface area (Å²) < 4.78 is 54.4. The summed E-state index contributed by atoms with van der Waals surface area (Å²) in [6.45, 7) is 3.74. The molecule has 0 radical (unpaired) electrons. The average molecular weight is 494 g/mol. The van der Waals surface area contributed by atoms with E-state index in [2.05, 4.69) is 20.4 Å². The molecule has 0 unspecified atom stereocenters. The van der Waals surface area contributed by atoms with Gasteiger partial charge in [0.15, 0.2) is 5.82 Å². The summed E-state index contributed by atoms with van der Waals surface area (Å²) >= 11 is 0. The number of piperazine rings is 1. The lowest BCUT2D eigenvalue weighted by Gasteiger charge is -2.34. The van der Waals surface area contributed by atoms with E-state index in [9.17, 15) is 27.2 Å². The first kappa shape index (κ1) is 24.2. The van der Waals surface area contributed by atoms with Gasteiger partial charge < -0.3 is 19.7 Å². The van der Waals surface area contributed by atoms with Crippen molar-refractivity contribution < 1.29 is 22.4 Å². The molecule has 14 heteroatoms. The van der Waals surface area contributed by atoms with Gasteiger partial charge in [-0.3, -0.25) is 9.59 Å². The van der Waals surface area contributed by atoms with Gasteiger partial charge in [-0.15, -0.1) is 0 Å². The van der Waals surface area contributed by atoms with E-state index in [1.165, 1.54) is 0 Å². The van der Waals surface area contributed by atoms with E-state index in [0.29, 0.717) is 37.7 Å². The Kier molecular flexibility index (Phi) is 6.71. The molecule has 0 aromatic carbocycles. The van der Waals surface area contributed by atoms with Crippen LogP contribution in [0.15, 0.2) is 41.8 Å². The number of aromatic amines is 1. The molecule has 1 amide bonds. The van der Waals surface area contributed by atoms with Crippen LogP contribution in [0, 0.1) is 5.82 Å². The molecule has 1 fully saturated rings. The van der Waals surface area contributed by atoms with Gasteiger partial charge in [0, 0.05) is 51.2 Å². The minimum atomic E-state index is -4.83. The number of anilines is 2. The van der Waals surface area contributed by atoms with Crippen molar-refractivity contribution in [3.63, 3.8) is 0 Å². The van der Waals surface area contributed by atoms with E-state index in [-0.39, 0.29) is 12.5 Å². The molecular formula is C21H22F4N8O2. The molecule has 4 heterocycles. The highest BCUT2D eigenvalue weighted by Crippen LogP contribution is 2.31. The Labute approximate surface area is 196 Å². The second-order valence-corrected chi connectivity index (χ2v) is 8.11. The number of rotatable bonds is 6. The van der Waals surface area contributed by atoms with Crippen LogP contribution in [-0.4, -0.2) is 67.8 Å². The van der Waals surface area contributed by atoms with Crippen LogP contribution >= 0.6 is 0 Å². The molecule has 1 atom stereocenters. The van der Waals surface area contributed by atoms with E-state index in [1.807, 2.05) is 4.90 Å². The lowest BCUT2D eigenvalue weighted by atomic mass is 10.2. The van der Waals surface area contributed by atoms with E-state index in [1.54, 1.807) is 39.9 Å². The van der Waals surface area contributed by atoms with Crippen molar-refractivity contribution >= 4 is 17.5 Å². The number of aromatic nitrogens is 5. The highest BCUT2D eigenvalue weighted by Gasteiger charge is 2.37. The zero-order valence-electron chi connectivity index (χ0n) is 18.6. The van der Waals surface area contributed by atoms with Gasteiger partial charge in [0.1, 0.15) is 5.56 Å². The number of nitrogens with zero attached hydrogens (tertiary/aromatic N) is 6. The first-order valence-electron chi connectivity index (χ1n) is 10.7. The first-order chi connectivity index (χ1) is 16.6. The minimum Gasteiger partial charge on any atom is -0.379 e. The molecule has 1 aliphatic heterocycles. The number of nitrogens with one attached hydrogen (secondary N) is 2. The molecule has 3 aromatic rings. The maximum atomic E-state index is 13.2. The van der Waals surface area contributed by atoms with E-state index >= 15 is 0 Å². The summed E-state index contributed by atoms with van der Waals surface area (Å²) in [6, 6.07) is 1.13. The normalized spacial score (nSPS) is 15.2. The van der Waals surface area contributed by atoms with Crippen LogP contribution in [0.4, 0.5) is 29.2 Å². The molecule has 35 heavy (non-hydrogen) atoms. The number of halogens is 4. The van der Waals surface area contributed by atoms with Gasteiger partial charge in [-0.25, -0.2) is 19.5 Å². The molecule has 0 bridgehead atoms. The average Bonchev–Trinajstić information content (AvgIpc) is 3.26. The SMILES string of the molecule is C[C@@H](Cn1ccc(C(=O)N2CCN(c3ncc(F)cn3)CC2)c1)Nc1cn[nH]c(=O)c1C(F)(F)F. The zero-order chi connectivity index (χ0) is 25.2. The van der Waals surface area contributed by atoms with Crippen molar-refractivity contribution in [3.05, 3.63) is 64.3 Å². The summed E-state index contributed by atoms with van der Waals surface area (Å²) in [5.74, 6) is -0.302. The Morgan fingerprint density at radius 2 is 1.86 bits per heavy atom. The first-order valence-corrected chi connectivity index (χ1v) is 10.7. The topological polar surface area (TPSA) is 112 Å². The Morgan fingerprint density at radius 1 is 1.17 bits per heavy atom. The Bertz CT molecular complexity index is 1230. The van der Waals surface area contributed by atoms with Crippen molar-refractivity contribution in [2.75, 3.05) is 36.4 Å². The quantitative estimate of drug-likeness (QED) is 0.504. The van der Waals surface area contributed by atoms with Gasteiger partial charge in [-0.05, 0) is 13.0 Å². The summed E-state index contributed by atoms with van der Waals surface area (Å²) in [7, 11) is 0. The summed E-state index contributed by atoms with van der Waals surface area (Å²) in [4.78, 5) is 36.0. The van der Waals surface area contributed by atoms with Crippen molar-refractivity contribution in [2.45, 2.75) is 25.7 Å². The maximum Gasteiger partial charge on any atom is 0.423 e. The van der Waals surface area contributed by atoms with Crippen LogP contribution < -0.4 is 15.8 Å². The van der Waals surface area contributed by atoms with Gasteiger partial charge >= 0.3 is 6.18 Å². The van der Waals surface area contributed by atoms with Crippen molar-refractivity contribution in [3.8, 4) is 0 Å². The monoisotopic (exact) mass is 494 g/mol. The number of hydrogen-bond donors (Lipinski definition) is 2. The van der Waals surface area contributed by atoms with E-state index in [0.717, 1.165) is 18.6 Å². The second kappa shape index (κ2) is 9.72. The third-order valence-electron chi connectivity index (χ3n) is 5.48. The number of amides is 1. The van der Waals surface area contributed by atoms with Crippen LogP contribution in [0.1, 0.15) is 22.8 Å². The van der Waals surface area contributed by atoms with E-state index < -0.39 is 34.8 Å². The van der Waals surface area contributed by atoms with Crippen LogP contribution in [0.25, 0.3) is 0 Å². The predicted molar refractivity (Wildman–Crippen MR) is 117 cm³/mol. The van der Waals surface area contributed by atoms with Crippen LogP contribution in [-0.2, 0) is 12.7 Å². The summed E-state index contributed by atoms with van der Waals surface area (Å²) in [5, 5.41) is 7.91. The molecule has 2 N–H and O–H groups in total. The molecule has 1 saturated heterocycles. The Balaban J connectivity index is 1.35. The molecule has 4 rings (SSSR count).